The van der Waals surface area contributed by atoms with E-state index in [0.29, 0.717) is 23.6 Å². The number of nitrogens with zero attached hydrogens (tertiary/aromatic N) is 2. The van der Waals surface area contributed by atoms with Crippen molar-refractivity contribution in [2.45, 2.75) is 57.1 Å². The second kappa shape index (κ2) is 15.3. The zero-order chi connectivity index (χ0) is 31.6. The van der Waals surface area contributed by atoms with Gasteiger partial charge in [0.05, 0.1) is 31.9 Å². The second-order valence-corrected chi connectivity index (χ2v) is 11.8. The van der Waals surface area contributed by atoms with Crippen LogP contribution in [0.3, 0.4) is 0 Å². The first kappa shape index (κ1) is 33.3. The molecule has 0 spiro atoms. The van der Waals surface area contributed by atoms with Crippen LogP contribution in [0.4, 0.5) is 5.69 Å². The number of methoxy groups -OCH3 is 3. The smallest absolute Gasteiger partial charge is 0.264 e. The van der Waals surface area contributed by atoms with Crippen LogP contribution in [0.2, 0.25) is 0 Å². The number of amides is 2. The van der Waals surface area contributed by atoms with Crippen LogP contribution < -0.4 is 23.8 Å². The van der Waals surface area contributed by atoms with Crippen LogP contribution in [0, 0.1) is 0 Å². The van der Waals surface area contributed by atoms with Crippen LogP contribution in [-0.4, -0.2) is 65.1 Å². The molecule has 0 aliphatic rings. The van der Waals surface area contributed by atoms with E-state index in [1.807, 2.05) is 26.8 Å². The van der Waals surface area contributed by atoms with Gasteiger partial charge < -0.3 is 24.4 Å². The van der Waals surface area contributed by atoms with Crippen LogP contribution in [-0.2, 0) is 26.2 Å². The maximum Gasteiger partial charge on any atom is 0.264 e. The summed E-state index contributed by atoms with van der Waals surface area (Å²) < 4.78 is 45.3. The lowest BCUT2D eigenvalue weighted by Crippen LogP contribution is -2.53. The number of ether oxygens (including phenoxy) is 3. The lowest BCUT2D eigenvalue weighted by Gasteiger charge is -2.33. The van der Waals surface area contributed by atoms with Crippen LogP contribution in [0.15, 0.2) is 77.7 Å². The molecule has 0 saturated heterocycles. The molecule has 0 aliphatic heterocycles. The molecule has 3 aromatic carbocycles. The number of para-hydroxylation sites is 1. The van der Waals surface area contributed by atoms with E-state index in [2.05, 4.69) is 5.32 Å². The molecule has 0 aliphatic carbocycles. The molecule has 0 radical (unpaired) electrons. The van der Waals surface area contributed by atoms with Gasteiger partial charge in [-0.1, -0.05) is 44.2 Å². The van der Waals surface area contributed by atoms with Gasteiger partial charge in [0.25, 0.3) is 10.0 Å². The standard InChI is InChI=1S/C32H41N3O7S/c1-7-23(3)33-32(37)28(8-2)34(21-24-13-12-16-26(19-24)40-4)31(36)22-35(25-14-10-9-11-15-25)43(38,39)27-17-18-29(41-5)30(20-27)42-6/h9-20,23,28H,7-8,21-22H2,1-6H3,(H,33,37)/t23-,28-/m1/s1. The summed E-state index contributed by atoms with van der Waals surface area (Å²) >= 11 is 0. The summed E-state index contributed by atoms with van der Waals surface area (Å²) in [6.45, 7) is 5.20. The van der Waals surface area contributed by atoms with Gasteiger partial charge >= 0.3 is 0 Å². The minimum atomic E-state index is -4.27. The Hall–Kier alpha value is -4.25. The van der Waals surface area contributed by atoms with Crippen molar-refractivity contribution < 1.29 is 32.2 Å². The topological polar surface area (TPSA) is 114 Å². The Morgan fingerprint density at radius 3 is 2.14 bits per heavy atom. The third-order valence-corrected chi connectivity index (χ3v) is 8.91. The Morgan fingerprint density at radius 2 is 1.53 bits per heavy atom. The van der Waals surface area contributed by atoms with Crippen LogP contribution in [0.25, 0.3) is 0 Å². The molecule has 0 heterocycles. The summed E-state index contributed by atoms with van der Waals surface area (Å²) in [5.41, 5.74) is 1.03. The third-order valence-electron chi connectivity index (χ3n) is 7.14. The predicted molar refractivity (Wildman–Crippen MR) is 166 cm³/mol. The van der Waals surface area contributed by atoms with Gasteiger partial charge in [0.2, 0.25) is 11.8 Å². The molecule has 3 rings (SSSR count). The minimum Gasteiger partial charge on any atom is -0.497 e. The molecule has 0 aromatic heterocycles. The van der Waals surface area contributed by atoms with E-state index in [4.69, 9.17) is 14.2 Å². The summed E-state index contributed by atoms with van der Waals surface area (Å²) in [5, 5.41) is 2.97. The highest BCUT2D eigenvalue weighted by atomic mass is 32.2. The van der Waals surface area contributed by atoms with Crippen molar-refractivity contribution in [1.29, 1.82) is 0 Å². The zero-order valence-electron chi connectivity index (χ0n) is 25.6. The van der Waals surface area contributed by atoms with Gasteiger partial charge in [-0.05, 0) is 61.7 Å². The number of benzene rings is 3. The van der Waals surface area contributed by atoms with E-state index < -0.39 is 28.5 Å². The fourth-order valence-electron chi connectivity index (χ4n) is 4.56. The summed E-state index contributed by atoms with van der Waals surface area (Å²) in [6, 6.07) is 18.9. The van der Waals surface area contributed by atoms with E-state index in [1.165, 1.54) is 37.3 Å². The lowest BCUT2D eigenvalue weighted by molar-refractivity contribution is -0.140. The predicted octanol–water partition coefficient (Wildman–Crippen LogP) is 4.63. The number of nitrogens with one attached hydrogen (secondary N) is 1. The first-order valence-electron chi connectivity index (χ1n) is 14.1. The van der Waals surface area contributed by atoms with Gasteiger partial charge in [0, 0.05) is 18.7 Å². The number of rotatable bonds is 15. The van der Waals surface area contributed by atoms with Crippen molar-refractivity contribution >= 4 is 27.5 Å². The molecule has 2 amide bonds. The maximum absolute atomic E-state index is 14.2. The molecule has 0 bridgehead atoms. The van der Waals surface area contributed by atoms with Crippen molar-refractivity contribution in [2.75, 3.05) is 32.2 Å². The van der Waals surface area contributed by atoms with Crippen LogP contribution in [0.1, 0.15) is 39.2 Å². The fraction of sp³-hybridized carbons (Fsp3) is 0.375. The Labute approximate surface area is 254 Å². The highest BCUT2D eigenvalue weighted by Gasteiger charge is 2.34. The number of carbonyl (C=O) groups excluding carboxylic acids is 2. The highest BCUT2D eigenvalue weighted by molar-refractivity contribution is 7.92. The molecule has 11 heteroatoms. The molecule has 232 valence electrons. The van der Waals surface area contributed by atoms with E-state index in [1.54, 1.807) is 55.6 Å². The monoisotopic (exact) mass is 611 g/mol. The summed E-state index contributed by atoms with van der Waals surface area (Å²) in [7, 11) is 0.152. The quantitative estimate of drug-likeness (QED) is 0.267. The van der Waals surface area contributed by atoms with Crippen molar-refractivity contribution in [3.8, 4) is 17.2 Å². The lowest BCUT2D eigenvalue weighted by atomic mass is 10.1. The summed E-state index contributed by atoms with van der Waals surface area (Å²) in [4.78, 5) is 29.0. The first-order chi connectivity index (χ1) is 20.6. The molecule has 0 unspecified atom stereocenters. The first-order valence-corrected chi connectivity index (χ1v) is 15.6. The van der Waals surface area contributed by atoms with E-state index in [9.17, 15) is 18.0 Å². The normalized spacial score (nSPS) is 12.5. The van der Waals surface area contributed by atoms with Crippen LogP contribution >= 0.6 is 0 Å². The number of anilines is 1. The number of carbonyl (C=O) groups is 2. The molecular formula is C32H41N3O7S. The van der Waals surface area contributed by atoms with Gasteiger partial charge in [-0.25, -0.2) is 8.42 Å². The van der Waals surface area contributed by atoms with Gasteiger partial charge in [0.15, 0.2) is 11.5 Å². The third kappa shape index (κ3) is 8.19. The number of hydrogen-bond acceptors (Lipinski definition) is 7. The van der Waals surface area contributed by atoms with Gasteiger partial charge in [-0.2, -0.15) is 0 Å². The SMILES string of the molecule is CC[C@@H](C)NC(=O)[C@@H](CC)N(Cc1cccc(OC)c1)C(=O)CN(c1ccccc1)S(=O)(=O)c1ccc(OC)c(OC)c1. The Bertz CT molecular complexity index is 1480. The molecule has 1 N–H and O–H groups in total. The average molecular weight is 612 g/mol. The van der Waals surface area contributed by atoms with E-state index in [-0.39, 0.29) is 29.1 Å². The van der Waals surface area contributed by atoms with Gasteiger partial charge in [-0.15, -0.1) is 0 Å². The second-order valence-electron chi connectivity index (χ2n) is 9.98. The molecule has 3 aromatic rings. The average Bonchev–Trinajstić information content (AvgIpc) is 3.03. The molecule has 2 atom stereocenters. The number of sulfonamides is 1. The summed E-state index contributed by atoms with van der Waals surface area (Å²) in [5.74, 6) is 0.356. The maximum atomic E-state index is 14.2. The molecule has 0 saturated carbocycles. The Kier molecular flexibility index (Phi) is 11.8. The number of hydrogen-bond donors (Lipinski definition) is 1. The molecule has 0 fully saturated rings. The fourth-order valence-corrected chi connectivity index (χ4v) is 5.99. The van der Waals surface area contributed by atoms with Crippen LogP contribution in [0.5, 0.6) is 17.2 Å². The van der Waals surface area contributed by atoms with Gasteiger partial charge in [0.1, 0.15) is 18.3 Å². The molecular weight excluding hydrogens is 570 g/mol. The molecule has 10 nitrogen and oxygen atoms in total. The van der Waals surface area contributed by atoms with Crippen molar-refractivity contribution in [1.82, 2.24) is 10.2 Å². The van der Waals surface area contributed by atoms with Crippen molar-refractivity contribution in [3.63, 3.8) is 0 Å². The van der Waals surface area contributed by atoms with E-state index in [0.717, 1.165) is 16.3 Å². The minimum absolute atomic E-state index is 0.0709. The Morgan fingerprint density at radius 1 is 0.837 bits per heavy atom. The largest absolute Gasteiger partial charge is 0.497 e. The highest BCUT2D eigenvalue weighted by Crippen LogP contribution is 2.32. The summed E-state index contributed by atoms with van der Waals surface area (Å²) in [6.07, 6.45) is 1.04. The van der Waals surface area contributed by atoms with Gasteiger partial charge in [-0.3, -0.25) is 13.9 Å². The van der Waals surface area contributed by atoms with Crippen molar-refractivity contribution in [2.24, 2.45) is 0 Å². The molecule has 43 heavy (non-hydrogen) atoms. The van der Waals surface area contributed by atoms with Crippen molar-refractivity contribution in [3.05, 3.63) is 78.4 Å². The zero-order valence-corrected chi connectivity index (χ0v) is 26.4. The Balaban J connectivity index is 2.08. The van der Waals surface area contributed by atoms with E-state index >= 15 is 0 Å².